The molecule has 0 N–H and O–H groups in total. The first kappa shape index (κ1) is 17.3. The fourth-order valence-corrected chi connectivity index (χ4v) is 3.00. The number of pyridine rings is 1. The first-order valence-corrected chi connectivity index (χ1v) is 8.95. The van der Waals surface area contributed by atoms with Gasteiger partial charge in [0.25, 0.3) is 5.91 Å². The average molecular weight is 367 g/mol. The molecule has 0 radical (unpaired) electrons. The Balaban J connectivity index is 1.74. The maximum atomic E-state index is 12.4. The molecule has 0 spiro atoms. The van der Waals surface area contributed by atoms with Crippen LogP contribution in [0.3, 0.4) is 0 Å². The van der Waals surface area contributed by atoms with E-state index in [0.717, 1.165) is 0 Å². The van der Waals surface area contributed by atoms with Gasteiger partial charge in [-0.1, -0.05) is 6.07 Å². The highest BCUT2D eigenvalue weighted by molar-refractivity contribution is 5.94. The number of nitrogens with zero attached hydrogens (tertiary/aromatic N) is 7. The first-order chi connectivity index (χ1) is 13.2. The van der Waals surface area contributed by atoms with Crippen LogP contribution < -0.4 is 0 Å². The molecular weight excluding hydrogens is 346 g/mol. The van der Waals surface area contributed by atoms with E-state index < -0.39 is 0 Å². The average Bonchev–Trinajstić information content (AvgIpc) is 3.30. The minimum Gasteiger partial charge on any atom is -0.380 e. The fraction of sp³-hybridized carbons (Fsp3) is 0.389. The number of rotatable bonds is 6. The van der Waals surface area contributed by atoms with Gasteiger partial charge in [-0.05, 0) is 19.1 Å². The third-order valence-electron chi connectivity index (χ3n) is 4.44. The van der Waals surface area contributed by atoms with E-state index in [1.54, 1.807) is 33.6 Å². The van der Waals surface area contributed by atoms with Crippen molar-refractivity contribution < 1.29 is 9.53 Å². The van der Waals surface area contributed by atoms with Crippen molar-refractivity contribution in [3.8, 4) is 23.0 Å². The summed E-state index contributed by atoms with van der Waals surface area (Å²) < 4.78 is 8.97. The van der Waals surface area contributed by atoms with E-state index in [1.807, 2.05) is 25.1 Å². The Morgan fingerprint density at radius 2 is 2.07 bits per heavy atom. The van der Waals surface area contributed by atoms with Crippen LogP contribution in [-0.2, 0) is 17.8 Å². The van der Waals surface area contributed by atoms with E-state index in [2.05, 4.69) is 20.2 Å². The third kappa shape index (κ3) is 3.33. The van der Waals surface area contributed by atoms with Crippen molar-refractivity contribution in [1.29, 1.82) is 0 Å². The van der Waals surface area contributed by atoms with E-state index in [4.69, 9.17) is 4.74 Å². The lowest BCUT2D eigenvalue weighted by molar-refractivity contribution is 0.0743. The molecule has 27 heavy (non-hydrogen) atoms. The molecular formula is C18H21N7O2. The van der Waals surface area contributed by atoms with E-state index in [-0.39, 0.29) is 5.91 Å². The van der Waals surface area contributed by atoms with Crippen LogP contribution in [-0.4, -0.2) is 67.1 Å². The van der Waals surface area contributed by atoms with Crippen molar-refractivity contribution in [2.75, 3.05) is 26.8 Å². The first-order valence-electron chi connectivity index (χ1n) is 8.95. The molecule has 0 bridgehead atoms. The van der Waals surface area contributed by atoms with Gasteiger partial charge in [-0.3, -0.25) is 14.5 Å². The van der Waals surface area contributed by atoms with Crippen molar-refractivity contribution in [1.82, 2.24) is 34.4 Å². The van der Waals surface area contributed by atoms with Gasteiger partial charge in [0, 0.05) is 32.5 Å². The predicted octanol–water partition coefficient (Wildman–Crippen LogP) is 1.33. The van der Waals surface area contributed by atoms with Crippen molar-refractivity contribution >= 4 is 5.91 Å². The van der Waals surface area contributed by atoms with Gasteiger partial charge in [0.1, 0.15) is 17.1 Å². The maximum absolute atomic E-state index is 12.4. The van der Waals surface area contributed by atoms with Gasteiger partial charge in [0.05, 0.1) is 19.7 Å². The van der Waals surface area contributed by atoms with Gasteiger partial charge in [-0.25, -0.2) is 9.67 Å². The van der Waals surface area contributed by atoms with Crippen LogP contribution in [0, 0.1) is 0 Å². The minimum absolute atomic E-state index is 0.0367. The number of likely N-dealkylation sites (N-methyl/N-ethyl adjacent to an activating group) is 1. The van der Waals surface area contributed by atoms with Crippen LogP contribution >= 0.6 is 0 Å². The second-order valence-electron chi connectivity index (χ2n) is 6.26. The van der Waals surface area contributed by atoms with E-state index in [9.17, 15) is 4.79 Å². The third-order valence-corrected chi connectivity index (χ3v) is 4.44. The molecule has 0 fully saturated rings. The van der Waals surface area contributed by atoms with Crippen LogP contribution in [0.25, 0.3) is 23.0 Å². The number of hydrogen-bond acceptors (Lipinski definition) is 6. The Kier molecular flexibility index (Phi) is 4.68. The molecule has 1 aliphatic heterocycles. The summed E-state index contributed by atoms with van der Waals surface area (Å²) in [6.45, 7) is 4.95. The monoisotopic (exact) mass is 367 g/mol. The molecule has 3 aromatic rings. The lowest BCUT2D eigenvalue weighted by Crippen LogP contribution is -2.37. The second kappa shape index (κ2) is 7.28. The molecule has 0 aliphatic carbocycles. The Hall–Kier alpha value is -3.07. The highest BCUT2D eigenvalue weighted by atomic mass is 16.5. The predicted molar refractivity (Wildman–Crippen MR) is 97.9 cm³/mol. The van der Waals surface area contributed by atoms with Gasteiger partial charge in [0.15, 0.2) is 11.6 Å². The standard InChI is InChI=1S/C18H21N7O2/c1-3-27-11-10-25-17(20-16(22-25)13-6-4-5-7-19-13)14-12-15-18(26)23(2)8-9-24(15)21-14/h4-7,12H,3,8-11H2,1-2H3. The van der Waals surface area contributed by atoms with Gasteiger partial charge in [-0.15, -0.1) is 5.10 Å². The summed E-state index contributed by atoms with van der Waals surface area (Å²) in [5.41, 5.74) is 1.88. The van der Waals surface area contributed by atoms with Crippen molar-refractivity contribution in [2.45, 2.75) is 20.0 Å². The number of fused-ring (bicyclic) bond motifs is 1. The van der Waals surface area contributed by atoms with Gasteiger partial charge < -0.3 is 9.64 Å². The maximum Gasteiger partial charge on any atom is 0.271 e. The van der Waals surface area contributed by atoms with Crippen LogP contribution in [0.1, 0.15) is 17.4 Å². The molecule has 1 amide bonds. The van der Waals surface area contributed by atoms with Gasteiger partial charge in [0.2, 0.25) is 0 Å². The van der Waals surface area contributed by atoms with Crippen LogP contribution in [0.4, 0.5) is 0 Å². The molecule has 3 aromatic heterocycles. The lowest BCUT2D eigenvalue weighted by atomic mass is 10.2. The Morgan fingerprint density at radius 3 is 2.85 bits per heavy atom. The Morgan fingerprint density at radius 1 is 1.19 bits per heavy atom. The number of amides is 1. The fourth-order valence-electron chi connectivity index (χ4n) is 3.00. The van der Waals surface area contributed by atoms with Crippen LogP contribution in [0.2, 0.25) is 0 Å². The molecule has 0 unspecified atom stereocenters. The molecule has 9 heteroatoms. The second-order valence-corrected chi connectivity index (χ2v) is 6.26. The summed E-state index contributed by atoms with van der Waals surface area (Å²) in [7, 11) is 1.79. The molecule has 4 rings (SSSR count). The summed E-state index contributed by atoms with van der Waals surface area (Å²) in [5, 5.41) is 9.17. The Bertz CT molecular complexity index is 948. The van der Waals surface area contributed by atoms with Gasteiger partial charge in [-0.2, -0.15) is 5.10 Å². The summed E-state index contributed by atoms with van der Waals surface area (Å²) in [6.07, 6.45) is 1.71. The number of carbonyl (C=O) groups excluding carboxylic acids is 1. The lowest BCUT2D eigenvalue weighted by Gasteiger charge is -2.22. The normalized spacial score (nSPS) is 13.9. The molecule has 9 nitrogen and oxygen atoms in total. The zero-order valence-electron chi connectivity index (χ0n) is 15.4. The molecule has 0 saturated carbocycles. The van der Waals surface area contributed by atoms with E-state index >= 15 is 0 Å². The topological polar surface area (TPSA) is 91.0 Å². The molecule has 0 atom stereocenters. The van der Waals surface area contributed by atoms with Crippen LogP contribution in [0.5, 0.6) is 0 Å². The summed E-state index contributed by atoms with van der Waals surface area (Å²) >= 11 is 0. The summed E-state index contributed by atoms with van der Waals surface area (Å²) in [4.78, 5) is 23.0. The highest BCUT2D eigenvalue weighted by Crippen LogP contribution is 2.23. The number of carbonyl (C=O) groups is 1. The zero-order valence-corrected chi connectivity index (χ0v) is 15.4. The minimum atomic E-state index is -0.0367. The summed E-state index contributed by atoms with van der Waals surface area (Å²) in [5.74, 6) is 1.09. The smallest absolute Gasteiger partial charge is 0.271 e. The quantitative estimate of drug-likeness (QED) is 0.611. The van der Waals surface area contributed by atoms with Gasteiger partial charge >= 0.3 is 0 Å². The van der Waals surface area contributed by atoms with E-state index in [1.165, 1.54) is 0 Å². The van der Waals surface area contributed by atoms with E-state index in [0.29, 0.717) is 61.6 Å². The molecule has 140 valence electrons. The zero-order chi connectivity index (χ0) is 18.8. The molecule has 0 saturated heterocycles. The number of hydrogen-bond donors (Lipinski definition) is 0. The van der Waals surface area contributed by atoms with Crippen molar-refractivity contribution in [3.05, 3.63) is 36.2 Å². The Labute approximate surface area is 156 Å². The summed E-state index contributed by atoms with van der Waals surface area (Å²) in [6, 6.07) is 7.39. The highest BCUT2D eigenvalue weighted by Gasteiger charge is 2.26. The van der Waals surface area contributed by atoms with Crippen LogP contribution in [0.15, 0.2) is 30.5 Å². The molecule has 0 aromatic carbocycles. The van der Waals surface area contributed by atoms with Crippen molar-refractivity contribution in [2.24, 2.45) is 0 Å². The molecule has 1 aliphatic rings. The number of ether oxygens (including phenoxy) is 1. The number of aromatic nitrogens is 6. The molecule has 4 heterocycles. The van der Waals surface area contributed by atoms with Crippen molar-refractivity contribution in [3.63, 3.8) is 0 Å². The largest absolute Gasteiger partial charge is 0.380 e. The SMILES string of the molecule is CCOCCn1nc(-c2ccccn2)nc1-c1cc2n(n1)CCN(C)C2=O.